The Bertz CT molecular complexity index is 992. The first kappa shape index (κ1) is 22.8. The van der Waals surface area contributed by atoms with Crippen molar-refractivity contribution in [2.75, 3.05) is 33.8 Å². The molecule has 1 aliphatic heterocycles. The first-order valence-corrected chi connectivity index (χ1v) is 10.5. The summed E-state index contributed by atoms with van der Waals surface area (Å²) in [6.45, 7) is 3.34. The van der Waals surface area contributed by atoms with Crippen LogP contribution < -0.4 is 4.74 Å². The first-order chi connectivity index (χ1) is 14.8. The number of amides is 1. The van der Waals surface area contributed by atoms with Crippen molar-refractivity contribution in [1.29, 1.82) is 0 Å². The van der Waals surface area contributed by atoms with Crippen molar-refractivity contribution in [3.05, 3.63) is 64.4 Å². The Labute approximate surface area is 186 Å². The van der Waals surface area contributed by atoms with Crippen molar-refractivity contribution >= 4 is 29.1 Å². The fraction of sp³-hybridized carbons (Fsp3) is 0.348. The number of halogens is 1. The molecule has 8 heteroatoms. The molecule has 0 radical (unpaired) electrons. The van der Waals surface area contributed by atoms with Crippen LogP contribution >= 0.6 is 11.6 Å². The summed E-state index contributed by atoms with van der Waals surface area (Å²) in [6.07, 6.45) is 2.28. The van der Waals surface area contributed by atoms with Gasteiger partial charge in [-0.25, -0.2) is 0 Å². The van der Waals surface area contributed by atoms with Gasteiger partial charge in [-0.05, 0) is 64.3 Å². The second-order valence-electron chi connectivity index (χ2n) is 7.48. The van der Waals surface area contributed by atoms with Crippen LogP contribution in [-0.2, 0) is 9.59 Å². The Hall–Kier alpha value is -2.90. The number of nitrogens with zero attached hydrogens (tertiary/aromatic N) is 3. The molecule has 1 aromatic heterocycles. The van der Waals surface area contributed by atoms with Gasteiger partial charge in [-0.3, -0.25) is 14.6 Å². The molecule has 1 aromatic carbocycles. The minimum Gasteiger partial charge on any atom is -0.507 e. The number of likely N-dealkylation sites (tertiary alicyclic amines) is 1. The van der Waals surface area contributed by atoms with E-state index in [4.69, 9.17) is 16.3 Å². The number of hydrogen-bond donors (Lipinski definition) is 1. The summed E-state index contributed by atoms with van der Waals surface area (Å²) in [5, 5.41) is 11.5. The molecule has 31 heavy (non-hydrogen) atoms. The van der Waals surface area contributed by atoms with Crippen LogP contribution in [0.5, 0.6) is 5.75 Å². The number of carbonyl (C=O) groups is 2. The van der Waals surface area contributed by atoms with E-state index in [1.807, 2.05) is 25.9 Å². The summed E-state index contributed by atoms with van der Waals surface area (Å²) in [7, 11) is 3.89. The second kappa shape index (κ2) is 9.94. The summed E-state index contributed by atoms with van der Waals surface area (Å²) in [6, 6.07) is 9.27. The number of benzene rings is 1. The highest BCUT2D eigenvalue weighted by atomic mass is 35.5. The minimum atomic E-state index is -0.769. The number of hydrogen-bond acceptors (Lipinski definition) is 6. The number of carbonyl (C=O) groups excluding carboxylic acids is 2. The Balaban J connectivity index is 2.08. The lowest BCUT2D eigenvalue weighted by molar-refractivity contribution is -0.140. The van der Waals surface area contributed by atoms with E-state index in [0.29, 0.717) is 41.6 Å². The van der Waals surface area contributed by atoms with Gasteiger partial charge in [0.2, 0.25) is 0 Å². The molecule has 0 spiro atoms. The van der Waals surface area contributed by atoms with Crippen LogP contribution in [0.2, 0.25) is 5.02 Å². The van der Waals surface area contributed by atoms with Crippen molar-refractivity contribution in [2.45, 2.75) is 19.4 Å². The first-order valence-electron chi connectivity index (χ1n) is 10.1. The lowest BCUT2D eigenvalue weighted by atomic mass is 9.98. The largest absolute Gasteiger partial charge is 0.507 e. The van der Waals surface area contributed by atoms with E-state index >= 15 is 0 Å². The van der Waals surface area contributed by atoms with E-state index in [0.717, 1.165) is 6.54 Å². The lowest BCUT2D eigenvalue weighted by Gasteiger charge is -2.25. The summed E-state index contributed by atoms with van der Waals surface area (Å²) < 4.78 is 5.50. The van der Waals surface area contributed by atoms with Crippen molar-refractivity contribution in [2.24, 2.45) is 0 Å². The molecule has 1 saturated heterocycles. The van der Waals surface area contributed by atoms with E-state index in [1.165, 1.54) is 4.90 Å². The number of Topliss-reactive ketones (excluding diaryl/α,β-unsaturated/α-hetero) is 1. The van der Waals surface area contributed by atoms with Crippen LogP contribution in [0.3, 0.4) is 0 Å². The number of aromatic nitrogens is 1. The van der Waals surface area contributed by atoms with Crippen molar-refractivity contribution in [3.8, 4) is 5.75 Å². The maximum absolute atomic E-state index is 13.0. The standard InChI is InChI=1S/C23H26ClN3O4/c1-4-31-18-14-15(9-10-16(18)24)21(28)19-20(17-8-5-6-11-25-17)27(23(30)22(19)29)13-7-12-26(2)3/h5-6,8-11,14,20,28H,4,7,12-13H2,1-3H3/b21-19-. The van der Waals surface area contributed by atoms with E-state index in [-0.39, 0.29) is 11.3 Å². The van der Waals surface area contributed by atoms with Crippen LogP contribution in [0.4, 0.5) is 0 Å². The molecule has 0 bridgehead atoms. The normalized spacial score (nSPS) is 18.1. The van der Waals surface area contributed by atoms with E-state index in [1.54, 1.807) is 42.6 Å². The molecule has 2 aromatic rings. The SMILES string of the molecule is CCOc1cc(/C(O)=C2/C(=O)C(=O)N(CCCN(C)C)C2c2ccccn2)ccc1Cl. The van der Waals surface area contributed by atoms with Gasteiger partial charge in [0.25, 0.3) is 11.7 Å². The monoisotopic (exact) mass is 443 g/mol. The quantitative estimate of drug-likeness (QED) is 0.382. The average molecular weight is 444 g/mol. The highest BCUT2D eigenvalue weighted by Crippen LogP contribution is 2.39. The molecule has 1 amide bonds. The number of ketones is 1. The highest BCUT2D eigenvalue weighted by molar-refractivity contribution is 6.46. The van der Waals surface area contributed by atoms with Gasteiger partial charge in [-0.15, -0.1) is 0 Å². The molecule has 1 aliphatic rings. The fourth-order valence-electron chi connectivity index (χ4n) is 3.59. The van der Waals surface area contributed by atoms with E-state index < -0.39 is 17.7 Å². The smallest absolute Gasteiger partial charge is 0.295 e. The number of aliphatic hydroxyl groups excluding tert-OH is 1. The molecule has 1 fully saturated rings. The molecule has 1 N–H and O–H groups in total. The number of rotatable bonds is 8. The Morgan fingerprint density at radius 3 is 2.68 bits per heavy atom. The molecular formula is C23H26ClN3O4. The van der Waals surface area contributed by atoms with E-state index in [9.17, 15) is 14.7 Å². The lowest BCUT2D eigenvalue weighted by Crippen LogP contribution is -2.32. The van der Waals surface area contributed by atoms with E-state index in [2.05, 4.69) is 4.98 Å². The third-order valence-electron chi connectivity index (χ3n) is 5.02. The van der Waals surface area contributed by atoms with Gasteiger partial charge < -0.3 is 19.6 Å². The van der Waals surface area contributed by atoms with Gasteiger partial charge in [0, 0.05) is 18.3 Å². The maximum atomic E-state index is 13.0. The number of pyridine rings is 1. The average Bonchev–Trinajstić information content (AvgIpc) is 3.00. The van der Waals surface area contributed by atoms with Crippen LogP contribution in [0.1, 0.15) is 30.6 Å². The number of aliphatic hydroxyl groups is 1. The zero-order valence-electron chi connectivity index (χ0n) is 17.8. The van der Waals surface area contributed by atoms with Gasteiger partial charge in [0.15, 0.2) is 0 Å². The highest BCUT2D eigenvalue weighted by Gasteiger charge is 2.46. The molecule has 3 rings (SSSR count). The Morgan fingerprint density at radius 1 is 1.26 bits per heavy atom. The van der Waals surface area contributed by atoms with Crippen LogP contribution in [0.15, 0.2) is 48.2 Å². The third-order valence-corrected chi connectivity index (χ3v) is 5.33. The predicted molar refractivity (Wildman–Crippen MR) is 119 cm³/mol. The van der Waals surface area contributed by atoms with Gasteiger partial charge >= 0.3 is 0 Å². The van der Waals surface area contributed by atoms with Crippen molar-refractivity contribution in [3.63, 3.8) is 0 Å². The molecule has 1 atom stereocenters. The Kier molecular flexibility index (Phi) is 7.30. The van der Waals surface area contributed by atoms with Crippen molar-refractivity contribution in [1.82, 2.24) is 14.8 Å². The summed E-state index contributed by atoms with van der Waals surface area (Å²) in [4.78, 5) is 33.7. The third kappa shape index (κ3) is 4.89. The van der Waals surface area contributed by atoms with Gasteiger partial charge in [-0.1, -0.05) is 17.7 Å². The topological polar surface area (TPSA) is 83.0 Å². The minimum absolute atomic E-state index is 0.0123. The zero-order valence-corrected chi connectivity index (χ0v) is 18.6. The molecule has 7 nitrogen and oxygen atoms in total. The summed E-state index contributed by atoms with van der Waals surface area (Å²) >= 11 is 6.16. The maximum Gasteiger partial charge on any atom is 0.295 e. The summed E-state index contributed by atoms with van der Waals surface area (Å²) in [5.41, 5.74) is 0.880. The van der Waals surface area contributed by atoms with Gasteiger partial charge in [0.05, 0.1) is 22.9 Å². The van der Waals surface area contributed by atoms with Gasteiger partial charge in [0.1, 0.15) is 17.6 Å². The Morgan fingerprint density at radius 2 is 2.03 bits per heavy atom. The van der Waals surface area contributed by atoms with Crippen LogP contribution in [-0.4, -0.2) is 65.4 Å². The molecule has 0 aliphatic carbocycles. The van der Waals surface area contributed by atoms with Crippen molar-refractivity contribution < 1.29 is 19.4 Å². The predicted octanol–water partition coefficient (Wildman–Crippen LogP) is 3.51. The van der Waals surface area contributed by atoms with Gasteiger partial charge in [-0.2, -0.15) is 0 Å². The zero-order chi connectivity index (χ0) is 22.5. The van der Waals surface area contributed by atoms with Crippen LogP contribution in [0, 0.1) is 0 Å². The fourth-order valence-corrected chi connectivity index (χ4v) is 3.76. The molecular weight excluding hydrogens is 418 g/mol. The summed E-state index contributed by atoms with van der Waals surface area (Å²) in [5.74, 6) is -1.26. The molecule has 1 unspecified atom stereocenters. The number of ether oxygens (including phenoxy) is 1. The molecule has 164 valence electrons. The molecule has 2 heterocycles. The molecule has 0 saturated carbocycles. The van der Waals surface area contributed by atoms with Crippen LogP contribution in [0.25, 0.3) is 5.76 Å². The second-order valence-corrected chi connectivity index (χ2v) is 7.89.